The predicted octanol–water partition coefficient (Wildman–Crippen LogP) is 2.65. The van der Waals surface area contributed by atoms with E-state index in [1.807, 2.05) is 7.05 Å². The minimum atomic E-state index is -0.407. The van der Waals surface area contributed by atoms with Crippen molar-refractivity contribution in [2.75, 3.05) is 32.1 Å². The van der Waals surface area contributed by atoms with Crippen LogP contribution in [-0.4, -0.2) is 27.2 Å². The molecule has 1 N–H and O–H groups in total. The highest BCUT2D eigenvalue weighted by molar-refractivity contribution is 5.47. The average molecular weight is 242 g/mol. The molecule has 0 aliphatic rings. The van der Waals surface area contributed by atoms with Crippen LogP contribution in [0.2, 0.25) is 0 Å². The van der Waals surface area contributed by atoms with Gasteiger partial charge in [0, 0.05) is 19.7 Å². The van der Waals surface area contributed by atoms with E-state index in [1.54, 1.807) is 11.9 Å². The zero-order chi connectivity index (χ0) is 12.8. The van der Waals surface area contributed by atoms with Crippen molar-refractivity contribution in [2.24, 2.45) is 5.92 Å². The maximum atomic E-state index is 13.5. The van der Waals surface area contributed by atoms with Gasteiger partial charge in [-0.25, -0.2) is 8.78 Å². The van der Waals surface area contributed by atoms with Gasteiger partial charge >= 0.3 is 0 Å². The Hall–Kier alpha value is -1.16. The molecule has 0 amide bonds. The van der Waals surface area contributed by atoms with E-state index in [9.17, 15) is 8.78 Å². The lowest BCUT2D eigenvalue weighted by atomic mass is 10.1. The third-order valence-corrected chi connectivity index (χ3v) is 2.92. The maximum Gasteiger partial charge on any atom is 0.146 e. The highest BCUT2D eigenvalue weighted by Gasteiger charge is 2.13. The number of hydrogen-bond acceptors (Lipinski definition) is 2. The molecule has 1 aromatic carbocycles. The first kappa shape index (κ1) is 13.9. The molecule has 0 aromatic heterocycles. The molecule has 96 valence electrons. The summed E-state index contributed by atoms with van der Waals surface area (Å²) in [4.78, 5) is 1.77. The van der Waals surface area contributed by atoms with E-state index in [4.69, 9.17) is 0 Å². The Labute approximate surface area is 102 Å². The molecular weight excluding hydrogens is 222 g/mol. The van der Waals surface area contributed by atoms with Crippen LogP contribution in [0.4, 0.5) is 14.5 Å². The van der Waals surface area contributed by atoms with Crippen molar-refractivity contribution in [1.82, 2.24) is 5.32 Å². The second-order valence-electron chi connectivity index (χ2n) is 4.31. The zero-order valence-corrected chi connectivity index (χ0v) is 10.6. The van der Waals surface area contributed by atoms with Gasteiger partial charge in [-0.15, -0.1) is 0 Å². The van der Waals surface area contributed by atoms with E-state index >= 15 is 0 Å². The van der Waals surface area contributed by atoms with Crippen LogP contribution >= 0.6 is 0 Å². The van der Waals surface area contributed by atoms with Crippen LogP contribution < -0.4 is 10.2 Å². The second-order valence-corrected chi connectivity index (χ2v) is 4.31. The van der Waals surface area contributed by atoms with Crippen molar-refractivity contribution in [3.63, 3.8) is 0 Å². The smallest absolute Gasteiger partial charge is 0.146 e. The van der Waals surface area contributed by atoms with E-state index < -0.39 is 5.82 Å². The molecule has 1 atom stereocenters. The summed E-state index contributed by atoms with van der Waals surface area (Å²) in [6.07, 6.45) is 1.00. The molecule has 0 fully saturated rings. The summed E-state index contributed by atoms with van der Waals surface area (Å²) in [6.45, 7) is 3.67. The number of nitrogens with one attached hydrogen (secondary N) is 1. The SMILES string of the molecule is CCC(CNC)CN(C)c1cc(F)ccc1F. The minimum Gasteiger partial charge on any atom is -0.372 e. The molecule has 17 heavy (non-hydrogen) atoms. The van der Waals surface area contributed by atoms with E-state index in [1.165, 1.54) is 12.1 Å². The topological polar surface area (TPSA) is 15.3 Å². The molecular formula is C13H20F2N2. The van der Waals surface area contributed by atoms with E-state index in [0.717, 1.165) is 19.0 Å². The lowest BCUT2D eigenvalue weighted by Crippen LogP contribution is -2.31. The molecule has 0 aliphatic carbocycles. The number of anilines is 1. The Bertz CT molecular complexity index is 355. The lowest BCUT2D eigenvalue weighted by Gasteiger charge is -2.25. The highest BCUT2D eigenvalue weighted by Crippen LogP contribution is 2.20. The van der Waals surface area contributed by atoms with Gasteiger partial charge in [0.15, 0.2) is 0 Å². The summed E-state index contributed by atoms with van der Waals surface area (Å²) >= 11 is 0. The van der Waals surface area contributed by atoms with Crippen LogP contribution in [0, 0.1) is 17.6 Å². The number of halogens is 2. The van der Waals surface area contributed by atoms with Crippen molar-refractivity contribution in [3.05, 3.63) is 29.8 Å². The molecule has 4 heteroatoms. The minimum absolute atomic E-state index is 0.319. The fourth-order valence-electron chi connectivity index (χ4n) is 1.89. The first-order valence-electron chi connectivity index (χ1n) is 5.89. The van der Waals surface area contributed by atoms with Crippen molar-refractivity contribution in [2.45, 2.75) is 13.3 Å². The molecule has 1 aromatic rings. The highest BCUT2D eigenvalue weighted by atomic mass is 19.1. The molecule has 0 aliphatic heterocycles. The van der Waals surface area contributed by atoms with Crippen LogP contribution in [0.1, 0.15) is 13.3 Å². The Balaban J connectivity index is 2.74. The Morgan fingerprint density at radius 2 is 2.06 bits per heavy atom. The van der Waals surface area contributed by atoms with Crippen LogP contribution in [0.15, 0.2) is 18.2 Å². The lowest BCUT2D eigenvalue weighted by molar-refractivity contribution is 0.481. The first-order valence-corrected chi connectivity index (χ1v) is 5.89. The van der Waals surface area contributed by atoms with Crippen molar-refractivity contribution in [1.29, 1.82) is 0 Å². The van der Waals surface area contributed by atoms with Crippen LogP contribution in [0.25, 0.3) is 0 Å². The molecule has 2 nitrogen and oxygen atoms in total. The van der Waals surface area contributed by atoms with Gasteiger partial charge in [0.05, 0.1) is 5.69 Å². The number of nitrogens with zero attached hydrogens (tertiary/aromatic N) is 1. The van der Waals surface area contributed by atoms with Gasteiger partial charge in [-0.1, -0.05) is 13.3 Å². The summed E-state index contributed by atoms with van der Waals surface area (Å²) in [5.74, 6) is -0.365. The fourth-order valence-corrected chi connectivity index (χ4v) is 1.89. The molecule has 1 rings (SSSR count). The molecule has 0 saturated carbocycles. The zero-order valence-electron chi connectivity index (χ0n) is 10.6. The molecule has 0 heterocycles. The maximum absolute atomic E-state index is 13.5. The summed E-state index contributed by atoms with van der Waals surface area (Å²) in [5.41, 5.74) is 0.319. The van der Waals surface area contributed by atoms with Gasteiger partial charge in [0.1, 0.15) is 11.6 Å². The van der Waals surface area contributed by atoms with Crippen LogP contribution in [-0.2, 0) is 0 Å². The summed E-state index contributed by atoms with van der Waals surface area (Å²) in [5, 5.41) is 3.11. The molecule has 0 saturated heterocycles. The summed E-state index contributed by atoms with van der Waals surface area (Å²) in [7, 11) is 3.68. The number of benzene rings is 1. The standard InChI is InChI=1S/C13H20F2N2/c1-4-10(8-16-2)9-17(3)13-7-11(14)5-6-12(13)15/h5-7,10,16H,4,8-9H2,1-3H3. The third kappa shape index (κ3) is 3.97. The second kappa shape index (κ2) is 6.55. The quantitative estimate of drug-likeness (QED) is 0.825. The van der Waals surface area contributed by atoms with E-state index in [2.05, 4.69) is 12.2 Å². The van der Waals surface area contributed by atoms with Gasteiger partial charge in [0.2, 0.25) is 0 Å². The van der Waals surface area contributed by atoms with Crippen molar-refractivity contribution < 1.29 is 8.78 Å². The van der Waals surface area contributed by atoms with Gasteiger partial charge in [-0.05, 0) is 31.6 Å². The number of rotatable bonds is 6. The van der Waals surface area contributed by atoms with Crippen LogP contribution in [0.5, 0.6) is 0 Å². The molecule has 0 radical (unpaired) electrons. The Morgan fingerprint density at radius 1 is 1.35 bits per heavy atom. The predicted molar refractivity (Wildman–Crippen MR) is 67.3 cm³/mol. The Morgan fingerprint density at radius 3 is 2.65 bits per heavy atom. The molecule has 0 bridgehead atoms. The average Bonchev–Trinajstić information content (AvgIpc) is 2.31. The van der Waals surface area contributed by atoms with E-state index in [-0.39, 0.29) is 5.82 Å². The van der Waals surface area contributed by atoms with Gasteiger partial charge in [-0.3, -0.25) is 0 Å². The first-order chi connectivity index (χ1) is 8.08. The molecule has 1 unspecified atom stereocenters. The summed E-state index contributed by atoms with van der Waals surface area (Å²) in [6, 6.07) is 3.54. The van der Waals surface area contributed by atoms with Gasteiger partial charge < -0.3 is 10.2 Å². The van der Waals surface area contributed by atoms with Crippen LogP contribution in [0.3, 0.4) is 0 Å². The monoisotopic (exact) mass is 242 g/mol. The van der Waals surface area contributed by atoms with Gasteiger partial charge in [0.25, 0.3) is 0 Å². The summed E-state index contributed by atoms with van der Waals surface area (Å²) < 4.78 is 26.6. The normalized spacial score (nSPS) is 12.5. The third-order valence-electron chi connectivity index (χ3n) is 2.92. The van der Waals surface area contributed by atoms with Gasteiger partial charge in [-0.2, -0.15) is 0 Å². The fraction of sp³-hybridized carbons (Fsp3) is 0.538. The van der Waals surface area contributed by atoms with Crippen molar-refractivity contribution >= 4 is 5.69 Å². The van der Waals surface area contributed by atoms with E-state index in [0.29, 0.717) is 18.2 Å². The largest absolute Gasteiger partial charge is 0.372 e. The molecule has 0 spiro atoms. The number of hydrogen-bond donors (Lipinski definition) is 1. The van der Waals surface area contributed by atoms with Crippen molar-refractivity contribution in [3.8, 4) is 0 Å². The Kier molecular flexibility index (Phi) is 5.35.